The number of nitrogens with two attached hydrogens (primary N) is 1. The Morgan fingerprint density at radius 1 is 1.53 bits per heavy atom. The highest BCUT2D eigenvalue weighted by Crippen LogP contribution is 2.19. The number of aromatic nitrogens is 2. The molecule has 1 unspecified atom stereocenters. The number of hydrogen-bond donors (Lipinski definition) is 1. The Morgan fingerprint density at radius 3 is 2.93 bits per heavy atom. The lowest BCUT2D eigenvalue weighted by molar-refractivity contribution is 0.726. The van der Waals surface area contributed by atoms with Gasteiger partial charge in [-0.15, -0.1) is 0 Å². The molecule has 0 saturated heterocycles. The van der Waals surface area contributed by atoms with Gasteiger partial charge < -0.3 is 10.1 Å². The fourth-order valence-electron chi connectivity index (χ4n) is 1.67. The summed E-state index contributed by atoms with van der Waals surface area (Å²) in [5.74, 6) is 0. The lowest BCUT2D eigenvalue weighted by atomic mass is 10.2. The molecule has 2 rings (SSSR count). The Labute approximate surface area is 97.4 Å². The van der Waals surface area contributed by atoms with Crippen LogP contribution in [-0.2, 0) is 6.42 Å². The first-order valence-electron chi connectivity index (χ1n) is 4.95. The first-order valence-corrected chi connectivity index (χ1v) is 5.75. The molecular weight excluding hydrogens is 254 g/mol. The van der Waals surface area contributed by atoms with E-state index in [2.05, 4.69) is 40.1 Å². The standard InChI is InChI=1S/C11H14BrN3/c1-7-3-10(12)11-14-9(4-8(2)13)6-15(11)5-7/h3,5-6,8H,4,13H2,1-2H3. The van der Waals surface area contributed by atoms with E-state index in [4.69, 9.17) is 5.73 Å². The van der Waals surface area contributed by atoms with Crippen LogP contribution in [0.5, 0.6) is 0 Å². The zero-order valence-corrected chi connectivity index (χ0v) is 10.5. The van der Waals surface area contributed by atoms with Gasteiger partial charge in [-0.3, -0.25) is 0 Å². The van der Waals surface area contributed by atoms with Gasteiger partial charge in [0.05, 0.1) is 10.2 Å². The summed E-state index contributed by atoms with van der Waals surface area (Å²) in [5.41, 5.74) is 8.95. The molecule has 0 aromatic carbocycles. The van der Waals surface area contributed by atoms with E-state index in [1.807, 2.05) is 17.5 Å². The monoisotopic (exact) mass is 267 g/mol. The highest BCUT2D eigenvalue weighted by Gasteiger charge is 2.07. The molecule has 2 aromatic rings. The number of pyridine rings is 1. The average Bonchev–Trinajstić information content (AvgIpc) is 2.45. The zero-order valence-electron chi connectivity index (χ0n) is 8.87. The number of nitrogens with zero attached hydrogens (tertiary/aromatic N) is 2. The molecule has 15 heavy (non-hydrogen) atoms. The van der Waals surface area contributed by atoms with Crippen molar-refractivity contribution in [3.8, 4) is 0 Å². The number of hydrogen-bond acceptors (Lipinski definition) is 2. The summed E-state index contributed by atoms with van der Waals surface area (Å²) < 4.78 is 3.07. The average molecular weight is 268 g/mol. The summed E-state index contributed by atoms with van der Waals surface area (Å²) in [6, 6.07) is 2.22. The predicted molar refractivity (Wildman–Crippen MR) is 65.0 cm³/mol. The third-order valence-corrected chi connectivity index (χ3v) is 2.81. The summed E-state index contributed by atoms with van der Waals surface area (Å²) in [5, 5.41) is 0. The van der Waals surface area contributed by atoms with E-state index in [0.29, 0.717) is 0 Å². The Morgan fingerprint density at radius 2 is 2.27 bits per heavy atom. The first kappa shape index (κ1) is 10.6. The number of halogens is 1. The summed E-state index contributed by atoms with van der Waals surface area (Å²) in [4.78, 5) is 4.53. The summed E-state index contributed by atoms with van der Waals surface area (Å²) in [7, 11) is 0. The second-order valence-corrected chi connectivity index (χ2v) is 4.86. The Hall–Kier alpha value is -0.870. The molecule has 4 heteroatoms. The van der Waals surface area contributed by atoms with Crippen molar-refractivity contribution in [3.63, 3.8) is 0 Å². The van der Waals surface area contributed by atoms with Crippen molar-refractivity contribution >= 4 is 21.6 Å². The van der Waals surface area contributed by atoms with Gasteiger partial charge in [0, 0.05) is 24.9 Å². The van der Waals surface area contributed by atoms with Gasteiger partial charge in [-0.05, 0) is 41.4 Å². The highest BCUT2D eigenvalue weighted by atomic mass is 79.9. The summed E-state index contributed by atoms with van der Waals surface area (Å²) in [6.45, 7) is 4.06. The van der Waals surface area contributed by atoms with Crippen LogP contribution in [0.3, 0.4) is 0 Å². The fourth-order valence-corrected chi connectivity index (χ4v) is 2.32. The van der Waals surface area contributed by atoms with E-state index in [1.54, 1.807) is 0 Å². The van der Waals surface area contributed by atoms with Crippen molar-refractivity contribution in [3.05, 3.63) is 34.2 Å². The Kier molecular flexibility index (Phi) is 2.80. The predicted octanol–water partition coefficient (Wildman–Crippen LogP) is 2.29. The van der Waals surface area contributed by atoms with Crippen molar-refractivity contribution in [2.75, 3.05) is 0 Å². The Bertz CT molecular complexity index is 488. The normalized spacial score (nSPS) is 13.3. The maximum absolute atomic E-state index is 5.75. The number of imidazole rings is 1. The molecule has 0 amide bonds. The van der Waals surface area contributed by atoms with Gasteiger partial charge in [0.2, 0.25) is 0 Å². The molecule has 2 aromatic heterocycles. The minimum atomic E-state index is 0.148. The summed E-state index contributed by atoms with van der Waals surface area (Å²) in [6.07, 6.45) is 4.92. The molecule has 0 spiro atoms. The smallest absolute Gasteiger partial charge is 0.151 e. The number of aryl methyl sites for hydroxylation is 1. The van der Waals surface area contributed by atoms with E-state index in [9.17, 15) is 0 Å². The molecule has 0 radical (unpaired) electrons. The van der Waals surface area contributed by atoms with Gasteiger partial charge in [-0.25, -0.2) is 4.98 Å². The van der Waals surface area contributed by atoms with Crippen LogP contribution in [0.15, 0.2) is 22.9 Å². The molecular formula is C11H14BrN3. The second kappa shape index (κ2) is 3.94. The van der Waals surface area contributed by atoms with Crippen molar-refractivity contribution < 1.29 is 0 Å². The molecule has 80 valence electrons. The lowest BCUT2D eigenvalue weighted by Crippen LogP contribution is -2.17. The van der Waals surface area contributed by atoms with Crippen LogP contribution < -0.4 is 5.73 Å². The van der Waals surface area contributed by atoms with Gasteiger partial charge in [0.1, 0.15) is 0 Å². The van der Waals surface area contributed by atoms with Crippen molar-refractivity contribution in [1.82, 2.24) is 9.38 Å². The topological polar surface area (TPSA) is 43.3 Å². The lowest BCUT2D eigenvalue weighted by Gasteiger charge is -1.98. The summed E-state index contributed by atoms with van der Waals surface area (Å²) >= 11 is 3.51. The van der Waals surface area contributed by atoms with Crippen LogP contribution in [0, 0.1) is 6.92 Å². The van der Waals surface area contributed by atoms with E-state index < -0.39 is 0 Å². The van der Waals surface area contributed by atoms with Crippen LogP contribution in [0.4, 0.5) is 0 Å². The van der Waals surface area contributed by atoms with Crippen LogP contribution in [0.2, 0.25) is 0 Å². The van der Waals surface area contributed by atoms with Gasteiger partial charge in [-0.2, -0.15) is 0 Å². The van der Waals surface area contributed by atoms with Crippen molar-refractivity contribution in [2.24, 2.45) is 5.73 Å². The molecule has 0 bridgehead atoms. The molecule has 0 aliphatic carbocycles. The molecule has 0 fully saturated rings. The molecule has 2 heterocycles. The minimum absolute atomic E-state index is 0.148. The number of fused-ring (bicyclic) bond motifs is 1. The van der Waals surface area contributed by atoms with Crippen LogP contribution in [0.1, 0.15) is 18.2 Å². The van der Waals surface area contributed by atoms with E-state index >= 15 is 0 Å². The molecule has 1 atom stereocenters. The second-order valence-electron chi connectivity index (χ2n) is 4.01. The maximum atomic E-state index is 5.75. The van der Waals surface area contributed by atoms with E-state index in [1.165, 1.54) is 5.56 Å². The largest absolute Gasteiger partial charge is 0.328 e. The van der Waals surface area contributed by atoms with Crippen molar-refractivity contribution in [2.45, 2.75) is 26.3 Å². The molecule has 0 saturated carbocycles. The van der Waals surface area contributed by atoms with E-state index in [0.717, 1.165) is 22.2 Å². The Balaban J connectivity index is 2.50. The number of rotatable bonds is 2. The molecule has 0 aliphatic heterocycles. The third kappa shape index (κ3) is 2.21. The SMILES string of the molecule is Cc1cc(Br)c2nc(CC(C)N)cn2c1. The molecule has 2 N–H and O–H groups in total. The van der Waals surface area contributed by atoms with E-state index in [-0.39, 0.29) is 6.04 Å². The fraction of sp³-hybridized carbons (Fsp3) is 0.364. The molecule has 3 nitrogen and oxygen atoms in total. The first-order chi connectivity index (χ1) is 7.06. The zero-order chi connectivity index (χ0) is 11.0. The molecule has 0 aliphatic rings. The van der Waals surface area contributed by atoms with Crippen LogP contribution in [-0.4, -0.2) is 15.4 Å². The van der Waals surface area contributed by atoms with Crippen molar-refractivity contribution in [1.29, 1.82) is 0 Å². The van der Waals surface area contributed by atoms with Gasteiger partial charge >= 0.3 is 0 Å². The van der Waals surface area contributed by atoms with Gasteiger partial charge in [0.25, 0.3) is 0 Å². The van der Waals surface area contributed by atoms with Gasteiger partial charge in [-0.1, -0.05) is 0 Å². The third-order valence-electron chi connectivity index (χ3n) is 2.22. The van der Waals surface area contributed by atoms with Gasteiger partial charge in [0.15, 0.2) is 5.65 Å². The highest BCUT2D eigenvalue weighted by molar-refractivity contribution is 9.10. The minimum Gasteiger partial charge on any atom is -0.328 e. The maximum Gasteiger partial charge on any atom is 0.151 e. The quantitative estimate of drug-likeness (QED) is 0.908. The van der Waals surface area contributed by atoms with Crippen LogP contribution >= 0.6 is 15.9 Å². The van der Waals surface area contributed by atoms with Crippen LogP contribution in [0.25, 0.3) is 5.65 Å².